The van der Waals surface area contributed by atoms with Gasteiger partial charge in [0, 0.05) is 99.4 Å². The van der Waals surface area contributed by atoms with E-state index in [2.05, 4.69) is 31.8 Å². The molecule has 1 unspecified atom stereocenters. The lowest BCUT2D eigenvalue weighted by Gasteiger charge is -2.44. The van der Waals surface area contributed by atoms with Crippen LogP contribution in [0.15, 0.2) is 41.7 Å². The van der Waals surface area contributed by atoms with Gasteiger partial charge in [-0.1, -0.05) is 6.92 Å². The number of aliphatic hydroxyl groups is 1. The SMILES string of the molecule is CNC(=O)CN/C=C(\N)CN1CCC2(CC1)OCCc1sc(CC(C)/C(=C\O)C(N)=O)cc12.N/C=C(\N)CN1CCNCC1. The van der Waals surface area contributed by atoms with Crippen LogP contribution in [0.2, 0.25) is 0 Å². The van der Waals surface area contributed by atoms with E-state index in [1.54, 1.807) is 24.6 Å². The molecule has 44 heavy (non-hydrogen) atoms. The lowest BCUT2D eigenvalue weighted by atomic mass is 9.82. The van der Waals surface area contributed by atoms with Crippen LogP contribution in [0.5, 0.6) is 0 Å². The van der Waals surface area contributed by atoms with Crippen molar-refractivity contribution in [3.63, 3.8) is 0 Å². The van der Waals surface area contributed by atoms with Gasteiger partial charge in [0.25, 0.3) is 0 Å². The van der Waals surface area contributed by atoms with Crippen molar-refractivity contribution in [2.75, 3.05) is 72.6 Å². The zero-order valence-electron chi connectivity index (χ0n) is 26.1. The predicted octanol–water partition coefficient (Wildman–Crippen LogP) is -0.496. The monoisotopic (exact) mass is 633 g/mol. The van der Waals surface area contributed by atoms with Gasteiger partial charge >= 0.3 is 0 Å². The van der Waals surface area contributed by atoms with Crippen molar-refractivity contribution < 1.29 is 19.4 Å². The van der Waals surface area contributed by atoms with Gasteiger partial charge in [-0.2, -0.15) is 0 Å². The van der Waals surface area contributed by atoms with Crippen LogP contribution in [0, 0.1) is 5.92 Å². The second kappa shape index (κ2) is 17.3. The van der Waals surface area contributed by atoms with E-state index in [0.29, 0.717) is 25.3 Å². The largest absolute Gasteiger partial charge is 0.515 e. The molecule has 1 atom stereocenters. The topological polar surface area (TPSA) is 210 Å². The van der Waals surface area contributed by atoms with Crippen LogP contribution < -0.4 is 38.9 Å². The van der Waals surface area contributed by atoms with E-state index in [4.69, 9.17) is 27.7 Å². The Morgan fingerprint density at radius 3 is 2.41 bits per heavy atom. The third-order valence-corrected chi connectivity index (χ3v) is 9.47. The Morgan fingerprint density at radius 1 is 1.14 bits per heavy atom. The normalized spacial score (nSPS) is 20.3. The number of carbonyl (C=O) groups excluding carboxylic acids is 2. The third kappa shape index (κ3) is 10.1. The first kappa shape index (κ1) is 35.2. The van der Waals surface area contributed by atoms with Crippen molar-refractivity contribution in [2.45, 2.75) is 38.2 Å². The second-order valence-corrected chi connectivity index (χ2v) is 12.7. The summed E-state index contributed by atoms with van der Waals surface area (Å²) < 4.78 is 6.37. The number of piperidine rings is 1. The summed E-state index contributed by atoms with van der Waals surface area (Å²) in [5.41, 5.74) is 25.0. The molecule has 12 N–H and O–H groups in total. The number of amides is 2. The van der Waals surface area contributed by atoms with E-state index in [1.165, 1.54) is 21.5 Å². The van der Waals surface area contributed by atoms with Crippen molar-refractivity contribution in [3.05, 3.63) is 57.0 Å². The standard InChI is InChI=1S/C23H35N5O4S.C7H16N4/c1-15(18(14-29)22(25)31)9-17-10-19-20(33-17)3-8-32-23(19)4-6-28(7-5-23)13-16(24)11-27-12-21(30)26-2;8-5-7(9)6-11-3-1-10-2-4-11/h10-11,14-15,27,29H,3-9,12-13,24H2,1-2H3,(H2,25,31)(H,26,30);5,10H,1-4,6,8-9H2/b16-11-,18-14+;7-5-. The molecular weight excluding hydrogens is 582 g/mol. The van der Waals surface area contributed by atoms with Crippen molar-refractivity contribution in [1.29, 1.82) is 0 Å². The fraction of sp³-hybridized carbons (Fsp3) is 0.600. The maximum atomic E-state index is 11.5. The number of hydrogen-bond donors (Lipinski definition) is 8. The molecular formula is C30H51N9O4S. The number of nitrogens with two attached hydrogens (primary N) is 4. The van der Waals surface area contributed by atoms with E-state index < -0.39 is 5.91 Å². The summed E-state index contributed by atoms with van der Waals surface area (Å²) in [5, 5.41) is 18.1. The van der Waals surface area contributed by atoms with Crippen molar-refractivity contribution in [1.82, 2.24) is 25.8 Å². The number of thiophene rings is 1. The Kier molecular flexibility index (Phi) is 13.8. The summed E-state index contributed by atoms with van der Waals surface area (Å²) in [7, 11) is 1.60. The maximum absolute atomic E-state index is 11.5. The number of fused-ring (bicyclic) bond motifs is 2. The lowest BCUT2D eigenvalue weighted by Crippen LogP contribution is -2.47. The molecule has 2 amide bonds. The molecule has 0 saturated carbocycles. The van der Waals surface area contributed by atoms with Crippen LogP contribution in [-0.2, 0) is 32.8 Å². The Morgan fingerprint density at radius 2 is 1.80 bits per heavy atom. The highest BCUT2D eigenvalue weighted by atomic mass is 32.1. The number of piperazine rings is 1. The van der Waals surface area contributed by atoms with Gasteiger partial charge in [0.05, 0.1) is 30.6 Å². The highest BCUT2D eigenvalue weighted by Gasteiger charge is 2.42. The Labute approximate surface area is 264 Å². The first-order chi connectivity index (χ1) is 21.1. The molecule has 0 bridgehead atoms. The van der Waals surface area contributed by atoms with Gasteiger partial charge in [-0.3, -0.25) is 19.4 Å². The first-order valence-corrected chi connectivity index (χ1v) is 16.0. The fourth-order valence-electron chi connectivity index (χ4n) is 5.75. The number of aliphatic hydroxyl groups excluding tert-OH is 1. The van der Waals surface area contributed by atoms with Gasteiger partial charge in [0.15, 0.2) is 0 Å². The maximum Gasteiger partial charge on any atom is 0.247 e. The van der Waals surface area contributed by atoms with Gasteiger partial charge in [-0.05, 0) is 36.8 Å². The molecule has 2 saturated heterocycles. The average molecular weight is 634 g/mol. The molecule has 246 valence electrons. The molecule has 0 aromatic carbocycles. The molecule has 4 rings (SSSR count). The lowest BCUT2D eigenvalue weighted by molar-refractivity contribution is -0.119. The van der Waals surface area contributed by atoms with Gasteiger partial charge in [-0.25, -0.2) is 0 Å². The second-order valence-electron chi connectivity index (χ2n) is 11.5. The van der Waals surface area contributed by atoms with E-state index in [1.807, 2.05) is 6.92 Å². The van der Waals surface area contributed by atoms with Crippen LogP contribution in [0.25, 0.3) is 0 Å². The van der Waals surface area contributed by atoms with E-state index >= 15 is 0 Å². The minimum Gasteiger partial charge on any atom is -0.515 e. The zero-order valence-corrected chi connectivity index (χ0v) is 26.9. The van der Waals surface area contributed by atoms with Gasteiger partial charge in [-0.15, -0.1) is 11.3 Å². The zero-order chi connectivity index (χ0) is 32.1. The summed E-state index contributed by atoms with van der Waals surface area (Å²) in [6, 6.07) is 2.22. The molecule has 2 fully saturated rings. The number of rotatable bonds is 11. The summed E-state index contributed by atoms with van der Waals surface area (Å²) >= 11 is 1.77. The van der Waals surface area contributed by atoms with Crippen LogP contribution in [0.4, 0.5) is 0 Å². The highest BCUT2D eigenvalue weighted by molar-refractivity contribution is 7.12. The van der Waals surface area contributed by atoms with Crippen LogP contribution in [0.1, 0.15) is 35.1 Å². The number of primary amides is 1. The number of likely N-dealkylation sites (N-methyl/N-ethyl adjacent to an activating group) is 1. The molecule has 0 aliphatic carbocycles. The molecule has 3 aliphatic heterocycles. The van der Waals surface area contributed by atoms with Crippen molar-refractivity contribution >= 4 is 23.2 Å². The molecule has 1 aromatic heterocycles. The summed E-state index contributed by atoms with van der Waals surface area (Å²) in [5.74, 6) is -0.833. The first-order valence-electron chi connectivity index (χ1n) is 15.2. The van der Waals surface area contributed by atoms with Crippen LogP contribution in [0.3, 0.4) is 0 Å². The van der Waals surface area contributed by atoms with E-state index in [-0.39, 0.29) is 29.5 Å². The molecule has 0 radical (unpaired) electrons. The minimum absolute atomic E-state index is 0.0908. The molecule has 13 nitrogen and oxygen atoms in total. The predicted molar refractivity (Wildman–Crippen MR) is 174 cm³/mol. The average Bonchev–Trinajstić information content (AvgIpc) is 3.43. The van der Waals surface area contributed by atoms with Gasteiger partial charge in [0.2, 0.25) is 11.8 Å². The number of nitrogens with zero attached hydrogens (tertiary/aromatic N) is 2. The molecule has 14 heteroatoms. The quantitative estimate of drug-likeness (QED) is 0.115. The Hall–Kier alpha value is -3.30. The summed E-state index contributed by atoms with van der Waals surface area (Å²) in [4.78, 5) is 30.0. The van der Waals surface area contributed by atoms with Crippen molar-refractivity contribution in [3.8, 4) is 0 Å². The smallest absolute Gasteiger partial charge is 0.247 e. The Balaban J connectivity index is 0.000000404. The van der Waals surface area contributed by atoms with E-state index in [9.17, 15) is 14.7 Å². The number of ether oxygens (including phenoxy) is 1. The van der Waals surface area contributed by atoms with Gasteiger partial charge in [0.1, 0.15) is 0 Å². The number of nitrogens with one attached hydrogen (secondary N) is 3. The van der Waals surface area contributed by atoms with Crippen molar-refractivity contribution in [2.24, 2.45) is 28.9 Å². The van der Waals surface area contributed by atoms with Crippen LogP contribution in [-0.4, -0.2) is 99.3 Å². The number of likely N-dealkylation sites (tertiary alicyclic amines) is 1. The highest BCUT2D eigenvalue weighted by Crippen LogP contribution is 2.45. The summed E-state index contributed by atoms with van der Waals surface area (Å²) in [6.07, 6.45) is 7.31. The summed E-state index contributed by atoms with van der Waals surface area (Å²) in [6.45, 7) is 10.2. The number of carbonyl (C=O) groups is 2. The van der Waals surface area contributed by atoms with Crippen LogP contribution >= 0.6 is 11.3 Å². The molecule has 4 heterocycles. The molecule has 3 aliphatic rings. The minimum atomic E-state index is -0.587. The van der Waals surface area contributed by atoms with E-state index in [0.717, 1.165) is 77.0 Å². The van der Waals surface area contributed by atoms with Gasteiger partial charge < -0.3 is 48.7 Å². The fourth-order valence-corrected chi connectivity index (χ4v) is 7.12. The molecule has 1 aromatic rings. The third-order valence-electron chi connectivity index (χ3n) is 8.25. The Bertz CT molecular complexity index is 1190. The number of hydrogen-bond acceptors (Lipinski definition) is 12. The molecule has 1 spiro atoms.